The summed E-state index contributed by atoms with van der Waals surface area (Å²) in [6, 6.07) is 5.52. The summed E-state index contributed by atoms with van der Waals surface area (Å²) in [5.41, 5.74) is 0.523. The lowest BCUT2D eigenvalue weighted by Crippen LogP contribution is -2.42. The van der Waals surface area contributed by atoms with Crippen molar-refractivity contribution in [2.45, 2.75) is 50.0 Å². The average molecular weight is 298 g/mol. The zero-order valence-corrected chi connectivity index (χ0v) is 12.8. The van der Waals surface area contributed by atoms with Gasteiger partial charge < -0.3 is 5.32 Å². The molecule has 2 rings (SSSR count). The van der Waals surface area contributed by atoms with Gasteiger partial charge >= 0.3 is 0 Å². The second-order valence-electron chi connectivity index (χ2n) is 5.20. The van der Waals surface area contributed by atoms with Gasteiger partial charge in [-0.1, -0.05) is 37.8 Å². The molecular weight excluding hydrogens is 278 g/mol. The molecule has 0 radical (unpaired) electrons. The Labute approximate surface area is 125 Å². The number of hydrogen-bond acceptors (Lipinski definition) is 2. The van der Waals surface area contributed by atoms with E-state index in [1.54, 1.807) is 18.2 Å². The number of carbonyl (C=O) groups is 1. The second-order valence-corrected chi connectivity index (χ2v) is 6.12. The number of halogens is 1. The van der Waals surface area contributed by atoms with E-state index in [2.05, 4.69) is 24.9 Å². The second kappa shape index (κ2) is 6.67. The highest BCUT2D eigenvalue weighted by Gasteiger charge is 2.25. The Bertz CT molecular complexity index is 463. The fraction of sp³-hybridized carbons (Fsp3) is 0.533. The maximum atomic E-state index is 12.3. The zero-order chi connectivity index (χ0) is 13.8. The summed E-state index contributed by atoms with van der Waals surface area (Å²) in [5.74, 6) is 0.516. The maximum Gasteiger partial charge on any atom is 0.253 e. The molecule has 0 saturated heterocycles. The van der Waals surface area contributed by atoms with Gasteiger partial charge in [0.15, 0.2) is 0 Å². The van der Waals surface area contributed by atoms with Gasteiger partial charge in [-0.05, 0) is 37.0 Å². The quantitative estimate of drug-likeness (QED) is 0.799. The average Bonchev–Trinajstić information content (AvgIpc) is 2.42. The molecule has 1 N–H and O–H groups in total. The van der Waals surface area contributed by atoms with Gasteiger partial charge in [-0.2, -0.15) is 0 Å². The monoisotopic (exact) mass is 297 g/mol. The molecule has 4 heteroatoms. The summed E-state index contributed by atoms with van der Waals surface area (Å²) in [7, 11) is 0. The number of rotatable bonds is 3. The van der Waals surface area contributed by atoms with Gasteiger partial charge in [0.2, 0.25) is 0 Å². The van der Waals surface area contributed by atoms with Crippen molar-refractivity contribution in [1.82, 2.24) is 5.32 Å². The van der Waals surface area contributed by atoms with Crippen LogP contribution in [-0.2, 0) is 0 Å². The van der Waals surface area contributed by atoms with Crippen molar-refractivity contribution < 1.29 is 4.79 Å². The van der Waals surface area contributed by atoms with Crippen LogP contribution in [0.25, 0.3) is 0 Å². The minimum atomic E-state index is -0.0775. The SMILES string of the molecule is CCC1CCCCC1NC(=O)c1cc(S)ccc1Cl. The van der Waals surface area contributed by atoms with Crippen LogP contribution in [0.4, 0.5) is 0 Å². The molecule has 104 valence electrons. The Morgan fingerprint density at radius 3 is 2.89 bits per heavy atom. The summed E-state index contributed by atoms with van der Waals surface area (Å²) in [5, 5.41) is 3.63. The third-order valence-electron chi connectivity index (χ3n) is 3.94. The molecule has 1 aliphatic carbocycles. The van der Waals surface area contributed by atoms with E-state index in [1.807, 2.05) is 0 Å². The molecule has 0 aromatic heterocycles. The smallest absolute Gasteiger partial charge is 0.253 e. The van der Waals surface area contributed by atoms with Crippen LogP contribution in [0.3, 0.4) is 0 Å². The van der Waals surface area contributed by atoms with Gasteiger partial charge in [-0.15, -0.1) is 12.6 Å². The maximum absolute atomic E-state index is 12.3. The fourth-order valence-corrected chi connectivity index (χ4v) is 3.23. The molecule has 0 aliphatic heterocycles. The summed E-state index contributed by atoms with van der Waals surface area (Å²) < 4.78 is 0. The third kappa shape index (κ3) is 3.67. The summed E-state index contributed by atoms with van der Waals surface area (Å²) in [6.45, 7) is 2.19. The molecule has 2 unspecified atom stereocenters. The van der Waals surface area contributed by atoms with Crippen molar-refractivity contribution in [1.29, 1.82) is 0 Å². The van der Waals surface area contributed by atoms with Gasteiger partial charge in [0.25, 0.3) is 5.91 Å². The van der Waals surface area contributed by atoms with Crippen molar-refractivity contribution in [3.05, 3.63) is 28.8 Å². The molecule has 1 aliphatic rings. The van der Waals surface area contributed by atoms with Gasteiger partial charge in [-0.25, -0.2) is 0 Å². The van der Waals surface area contributed by atoms with Gasteiger partial charge in [0.1, 0.15) is 0 Å². The third-order valence-corrected chi connectivity index (χ3v) is 4.55. The van der Waals surface area contributed by atoms with Gasteiger partial charge in [0, 0.05) is 10.9 Å². The first-order valence-electron chi connectivity index (χ1n) is 6.91. The number of carbonyl (C=O) groups excluding carboxylic acids is 1. The molecular formula is C15H20ClNOS. The van der Waals surface area contributed by atoms with Crippen LogP contribution < -0.4 is 5.32 Å². The molecule has 19 heavy (non-hydrogen) atoms. The first-order valence-corrected chi connectivity index (χ1v) is 7.73. The lowest BCUT2D eigenvalue weighted by Gasteiger charge is -2.31. The summed E-state index contributed by atoms with van der Waals surface area (Å²) in [6.07, 6.45) is 5.87. The highest BCUT2D eigenvalue weighted by Crippen LogP contribution is 2.27. The van der Waals surface area contributed by atoms with Crippen LogP contribution in [0.2, 0.25) is 5.02 Å². The first-order chi connectivity index (χ1) is 9.11. The van der Waals surface area contributed by atoms with Crippen molar-refractivity contribution in [2.24, 2.45) is 5.92 Å². The van der Waals surface area contributed by atoms with Crippen LogP contribution >= 0.6 is 24.2 Å². The first kappa shape index (κ1) is 14.7. The Balaban J connectivity index is 2.09. The summed E-state index contributed by atoms with van der Waals surface area (Å²) in [4.78, 5) is 13.1. The predicted molar refractivity (Wildman–Crippen MR) is 82.2 cm³/mol. The van der Waals surface area contributed by atoms with Crippen LogP contribution in [0.15, 0.2) is 23.1 Å². The Morgan fingerprint density at radius 2 is 2.16 bits per heavy atom. The molecule has 2 nitrogen and oxygen atoms in total. The minimum absolute atomic E-state index is 0.0775. The molecule has 1 amide bonds. The van der Waals surface area contributed by atoms with Crippen molar-refractivity contribution in [3.8, 4) is 0 Å². The van der Waals surface area contributed by atoms with Gasteiger partial charge in [0.05, 0.1) is 10.6 Å². The molecule has 2 atom stereocenters. The molecule has 0 bridgehead atoms. The zero-order valence-electron chi connectivity index (χ0n) is 11.2. The van der Waals surface area contributed by atoms with Gasteiger partial charge in [-0.3, -0.25) is 4.79 Å². The van der Waals surface area contributed by atoms with E-state index in [0.29, 0.717) is 16.5 Å². The minimum Gasteiger partial charge on any atom is -0.349 e. The van der Waals surface area contributed by atoms with E-state index in [9.17, 15) is 4.79 Å². The van der Waals surface area contributed by atoms with Crippen molar-refractivity contribution in [2.75, 3.05) is 0 Å². The van der Waals surface area contributed by atoms with E-state index in [0.717, 1.165) is 17.7 Å². The highest BCUT2D eigenvalue weighted by molar-refractivity contribution is 7.80. The van der Waals surface area contributed by atoms with E-state index >= 15 is 0 Å². The molecule has 1 fully saturated rings. The molecule has 0 heterocycles. The standard InChI is InChI=1S/C15H20ClNOS/c1-2-10-5-3-4-6-14(10)17-15(18)12-9-11(19)7-8-13(12)16/h7-10,14,19H,2-6H2,1H3,(H,17,18). The van der Waals surface area contributed by atoms with Crippen LogP contribution in [-0.4, -0.2) is 11.9 Å². The largest absolute Gasteiger partial charge is 0.349 e. The molecule has 0 spiro atoms. The lowest BCUT2D eigenvalue weighted by atomic mass is 9.83. The Morgan fingerprint density at radius 1 is 1.42 bits per heavy atom. The number of nitrogens with one attached hydrogen (secondary N) is 1. The van der Waals surface area contributed by atoms with Crippen LogP contribution in [0, 0.1) is 5.92 Å². The lowest BCUT2D eigenvalue weighted by molar-refractivity contribution is 0.0904. The normalized spacial score (nSPS) is 23.1. The fourth-order valence-electron chi connectivity index (χ4n) is 2.82. The molecule has 1 aromatic carbocycles. The number of thiol groups is 1. The van der Waals surface area contributed by atoms with E-state index in [1.165, 1.54) is 19.3 Å². The highest BCUT2D eigenvalue weighted by atomic mass is 35.5. The van der Waals surface area contributed by atoms with E-state index < -0.39 is 0 Å². The van der Waals surface area contributed by atoms with Crippen LogP contribution in [0.1, 0.15) is 49.4 Å². The Hall–Kier alpha value is -0.670. The van der Waals surface area contributed by atoms with Crippen molar-refractivity contribution >= 4 is 30.1 Å². The van der Waals surface area contributed by atoms with E-state index in [4.69, 9.17) is 11.6 Å². The number of amides is 1. The van der Waals surface area contributed by atoms with Crippen molar-refractivity contribution in [3.63, 3.8) is 0 Å². The summed E-state index contributed by atoms with van der Waals surface area (Å²) >= 11 is 10.3. The topological polar surface area (TPSA) is 29.1 Å². The predicted octanol–water partition coefficient (Wildman–Crippen LogP) is 4.33. The molecule has 1 saturated carbocycles. The number of benzene rings is 1. The molecule has 1 aromatic rings. The van der Waals surface area contributed by atoms with Crippen LogP contribution in [0.5, 0.6) is 0 Å². The number of hydrogen-bond donors (Lipinski definition) is 2. The van der Waals surface area contributed by atoms with E-state index in [-0.39, 0.29) is 11.9 Å². The Kier molecular flexibility index (Phi) is 5.17.